The molecule has 1 fully saturated rings. The maximum absolute atomic E-state index is 13.0. The van der Waals surface area contributed by atoms with E-state index in [-0.39, 0.29) is 40.7 Å². The molecule has 1 saturated heterocycles. The highest BCUT2D eigenvalue weighted by atomic mass is 35.5. The lowest BCUT2D eigenvalue weighted by atomic mass is 10.2. The van der Waals surface area contributed by atoms with E-state index in [1.807, 2.05) is 20.8 Å². The zero-order chi connectivity index (χ0) is 22.1. The summed E-state index contributed by atoms with van der Waals surface area (Å²) in [5, 5.41) is 1.44. The second kappa shape index (κ2) is 9.28. The average Bonchev–Trinajstić information content (AvgIpc) is 3.02. The summed E-state index contributed by atoms with van der Waals surface area (Å²) in [6.45, 7) is 6.80. The molecule has 0 saturated carbocycles. The molecule has 2 heterocycles. The third-order valence-electron chi connectivity index (χ3n) is 5.07. The number of aromatic nitrogens is 2. The highest BCUT2D eigenvalue weighted by Crippen LogP contribution is 2.23. The number of fused-ring (bicyclic) bond motifs is 1. The van der Waals surface area contributed by atoms with E-state index in [1.54, 1.807) is 27.7 Å². The number of benzene rings is 1. The fourth-order valence-electron chi connectivity index (χ4n) is 3.68. The number of nitrogens with zero attached hydrogens (tertiary/aromatic N) is 3. The molecular weight excluding hydrogens is 446 g/mol. The Balaban J connectivity index is 1.86. The number of carbonyl (C=O) groups excluding carboxylic acids is 1. The van der Waals surface area contributed by atoms with Crippen LogP contribution in [0, 0.1) is 5.92 Å². The number of hydrogen-bond donors (Lipinski definition) is 0. The van der Waals surface area contributed by atoms with Crippen LogP contribution in [0.2, 0.25) is 5.02 Å². The second-order valence-electron chi connectivity index (χ2n) is 7.89. The number of hydrogen-bond acceptors (Lipinski definition) is 6. The quantitative estimate of drug-likeness (QED) is 0.455. The van der Waals surface area contributed by atoms with Gasteiger partial charge in [-0.15, -0.1) is 0 Å². The Hall–Kier alpha value is -1.58. The maximum Gasteiger partial charge on any atom is 0.262 e. The van der Waals surface area contributed by atoms with Crippen molar-refractivity contribution in [2.45, 2.75) is 44.9 Å². The van der Waals surface area contributed by atoms with E-state index in [0.717, 1.165) is 0 Å². The highest BCUT2D eigenvalue weighted by Gasteiger charge is 2.33. The predicted octanol–water partition coefficient (Wildman–Crippen LogP) is 2.83. The first-order valence-electron chi connectivity index (χ1n) is 9.94. The van der Waals surface area contributed by atoms with Gasteiger partial charge in [-0.3, -0.25) is 14.2 Å². The fraction of sp³-hybridized carbons (Fsp3) is 0.550. The van der Waals surface area contributed by atoms with Crippen LogP contribution in [0.25, 0.3) is 10.9 Å². The Morgan fingerprint density at radius 1 is 1.40 bits per heavy atom. The molecule has 1 aliphatic rings. The van der Waals surface area contributed by atoms with E-state index in [1.165, 1.54) is 11.8 Å². The van der Waals surface area contributed by atoms with Crippen molar-refractivity contribution in [2.24, 2.45) is 5.92 Å². The molecule has 0 N–H and O–H groups in total. The summed E-state index contributed by atoms with van der Waals surface area (Å²) in [4.78, 5) is 32.1. The van der Waals surface area contributed by atoms with Crippen LogP contribution >= 0.6 is 23.4 Å². The smallest absolute Gasteiger partial charge is 0.262 e. The largest absolute Gasteiger partial charge is 0.338 e. The molecule has 0 unspecified atom stereocenters. The molecule has 30 heavy (non-hydrogen) atoms. The monoisotopic (exact) mass is 471 g/mol. The number of amides is 1. The summed E-state index contributed by atoms with van der Waals surface area (Å²) in [7, 11) is -3.08. The molecule has 7 nitrogen and oxygen atoms in total. The Morgan fingerprint density at radius 3 is 2.73 bits per heavy atom. The van der Waals surface area contributed by atoms with E-state index in [9.17, 15) is 18.0 Å². The van der Waals surface area contributed by atoms with Gasteiger partial charge in [0.15, 0.2) is 15.0 Å². The lowest BCUT2D eigenvalue weighted by Gasteiger charge is -2.26. The Labute approximate surface area is 185 Å². The molecule has 10 heteroatoms. The molecule has 1 amide bonds. The molecule has 0 spiro atoms. The van der Waals surface area contributed by atoms with E-state index < -0.39 is 9.84 Å². The number of sulfone groups is 1. The second-order valence-corrected chi connectivity index (χ2v) is 11.5. The zero-order valence-electron chi connectivity index (χ0n) is 17.3. The fourth-order valence-corrected chi connectivity index (χ4v) is 6.47. The van der Waals surface area contributed by atoms with Crippen LogP contribution in [0.1, 0.15) is 27.2 Å². The van der Waals surface area contributed by atoms with Gasteiger partial charge in [0, 0.05) is 24.2 Å². The normalized spacial score (nSPS) is 18.2. The number of thioether (sulfide) groups is 1. The molecule has 3 rings (SSSR count). The maximum atomic E-state index is 13.0. The summed E-state index contributed by atoms with van der Waals surface area (Å²) in [5.74, 6) is 0.291. The van der Waals surface area contributed by atoms with E-state index in [4.69, 9.17) is 11.6 Å². The molecule has 0 aliphatic carbocycles. The van der Waals surface area contributed by atoms with Gasteiger partial charge in [-0.1, -0.05) is 37.2 Å². The van der Waals surface area contributed by atoms with Crippen molar-refractivity contribution in [1.29, 1.82) is 0 Å². The summed E-state index contributed by atoms with van der Waals surface area (Å²) in [6, 6.07) is 4.70. The Morgan fingerprint density at radius 2 is 2.13 bits per heavy atom. The summed E-state index contributed by atoms with van der Waals surface area (Å²) < 4.78 is 25.2. The average molecular weight is 472 g/mol. The number of rotatable bonds is 7. The van der Waals surface area contributed by atoms with Crippen LogP contribution < -0.4 is 5.56 Å². The van der Waals surface area contributed by atoms with Crippen LogP contribution in [0.4, 0.5) is 0 Å². The van der Waals surface area contributed by atoms with Gasteiger partial charge >= 0.3 is 0 Å². The number of halogens is 1. The number of carbonyl (C=O) groups is 1. The standard InChI is InChI=1S/C20H26ClN3O4S2/c1-4-23(15-7-8-30(27,28)12-15)18(25)11-29-20-22-17-9-14(21)5-6-16(17)19(26)24(20)10-13(2)3/h5-6,9,13,15H,4,7-8,10-12H2,1-3H3/t15-/m1/s1. The molecule has 1 aromatic carbocycles. The SMILES string of the molecule is CCN(C(=O)CSc1nc2cc(Cl)ccc2c(=O)n1CC(C)C)[C@@H]1CCS(=O)(=O)C1. The first-order chi connectivity index (χ1) is 14.1. The lowest BCUT2D eigenvalue weighted by molar-refractivity contribution is -0.129. The van der Waals surface area contributed by atoms with Crippen molar-refractivity contribution in [3.63, 3.8) is 0 Å². The zero-order valence-corrected chi connectivity index (χ0v) is 19.7. The van der Waals surface area contributed by atoms with Gasteiger partial charge in [0.05, 0.1) is 28.2 Å². The molecule has 1 aromatic heterocycles. The van der Waals surface area contributed by atoms with Crippen LogP contribution in [-0.2, 0) is 21.2 Å². The minimum atomic E-state index is -3.08. The van der Waals surface area contributed by atoms with Crippen LogP contribution in [0.5, 0.6) is 0 Å². The van der Waals surface area contributed by atoms with Crippen molar-refractivity contribution >= 4 is 50.0 Å². The predicted molar refractivity (Wildman–Crippen MR) is 121 cm³/mol. The van der Waals surface area contributed by atoms with Gasteiger partial charge in [0.2, 0.25) is 5.91 Å². The topological polar surface area (TPSA) is 89.3 Å². The molecule has 0 radical (unpaired) electrons. The van der Waals surface area contributed by atoms with Crippen LogP contribution in [0.3, 0.4) is 0 Å². The van der Waals surface area contributed by atoms with E-state index in [0.29, 0.717) is 40.6 Å². The first-order valence-corrected chi connectivity index (χ1v) is 13.1. The first kappa shape index (κ1) is 23.1. The van der Waals surface area contributed by atoms with Crippen LogP contribution in [0.15, 0.2) is 28.2 Å². The molecule has 2 aromatic rings. The molecule has 1 atom stereocenters. The molecule has 164 valence electrons. The third-order valence-corrected chi connectivity index (χ3v) is 8.01. The van der Waals surface area contributed by atoms with Gasteiger partial charge in [-0.05, 0) is 37.5 Å². The van der Waals surface area contributed by atoms with Crippen molar-refractivity contribution in [2.75, 3.05) is 23.8 Å². The van der Waals surface area contributed by atoms with Gasteiger partial charge < -0.3 is 4.90 Å². The van der Waals surface area contributed by atoms with Crippen molar-refractivity contribution in [3.05, 3.63) is 33.6 Å². The highest BCUT2D eigenvalue weighted by molar-refractivity contribution is 7.99. The minimum Gasteiger partial charge on any atom is -0.338 e. The van der Waals surface area contributed by atoms with Gasteiger partial charge in [0.25, 0.3) is 5.56 Å². The molecule has 0 bridgehead atoms. The summed E-state index contributed by atoms with van der Waals surface area (Å²) in [6.07, 6.45) is 0.470. The lowest BCUT2D eigenvalue weighted by Crippen LogP contribution is -2.42. The van der Waals surface area contributed by atoms with Crippen molar-refractivity contribution in [1.82, 2.24) is 14.5 Å². The van der Waals surface area contributed by atoms with E-state index >= 15 is 0 Å². The van der Waals surface area contributed by atoms with Gasteiger partial charge in [0.1, 0.15) is 0 Å². The molecular formula is C20H26ClN3O4S2. The van der Waals surface area contributed by atoms with E-state index in [2.05, 4.69) is 4.98 Å². The van der Waals surface area contributed by atoms with Crippen LogP contribution in [-0.4, -0.2) is 58.6 Å². The van der Waals surface area contributed by atoms with Crippen molar-refractivity contribution in [3.8, 4) is 0 Å². The van der Waals surface area contributed by atoms with Gasteiger partial charge in [-0.25, -0.2) is 13.4 Å². The minimum absolute atomic E-state index is 0.0159. The Bertz CT molecular complexity index is 1110. The van der Waals surface area contributed by atoms with Gasteiger partial charge in [-0.2, -0.15) is 0 Å². The molecule has 1 aliphatic heterocycles. The summed E-state index contributed by atoms with van der Waals surface area (Å²) >= 11 is 7.27. The third kappa shape index (κ3) is 5.18. The summed E-state index contributed by atoms with van der Waals surface area (Å²) in [5.41, 5.74) is 0.339. The Kier molecular flexibility index (Phi) is 7.14. The van der Waals surface area contributed by atoms with Crippen molar-refractivity contribution < 1.29 is 13.2 Å².